The number of hydrogen-bond donors (Lipinski definition) is 1. The number of ether oxygens (including phenoxy) is 1. The second-order valence-electron chi connectivity index (χ2n) is 4.20. The second-order valence-corrected chi connectivity index (χ2v) is 4.20. The van der Waals surface area contributed by atoms with Gasteiger partial charge in [-0.25, -0.2) is 4.98 Å². The Bertz CT molecular complexity index is 322. The van der Waals surface area contributed by atoms with E-state index in [1.165, 1.54) is 0 Å². The van der Waals surface area contributed by atoms with Crippen LogP contribution in [-0.2, 0) is 11.2 Å². The highest BCUT2D eigenvalue weighted by Gasteiger charge is 2.27. The van der Waals surface area contributed by atoms with Crippen molar-refractivity contribution in [3.8, 4) is 0 Å². The van der Waals surface area contributed by atoms with Crippen molar-refractivity contribution in [2.75, 3.05) is 19.8 Å². The van der Waals surface area contributed by atoms with Crippen LogP contribution in [0.4, 0.5) is 0 Å². The molecule has 1 aliphatic heterocycles. The van der Waals surface area contributed by atoms with Crippen LogP contribution < -0.4 is 5.32 Å². The van der Waals surface area contributed by atoms with Crippen LogP contribution in [0, 0.1) is 0 Å². The maximum atomic E-state index is 5.59. The minimum Gasteiger partial charge on any atom is -0.379 e. The lowest BCUT2D eigenvalue weighted by Crippen LogP contribution is -2.44. The zero-order chi connectivity index (χ0) is 11.4. The van der Waals surface area contributed by atoms with E-state index < -0.39 is 0 Å². The molecule has 1 saturated heterocycles. The van der Waals surface area contributed by atoms with Crippen LogP contribution in [-0.4, -0.2) is 35.4 Å². The molecule has 1 N–H and O–H groups in total. The predicted octanol–water partition coefficient (Wildman–Crippen LogP) is 1.38. The number of rotatable bonds is 4. The molecule has 0 amide bonds. The summed E-state index contributed by atoms with van der Waals surface area (Å²) in [5, 5.41) is 3.55. The third-order valence-corrected chi connectivity index (χ3v) is 3.21. The van der Waals surface area contributed by atoms with Gasteiger partial charge in [-0.3, -0.25) is 0 Å². The lowest BCUT2D eigenvalue weighted by Gasteiger charge is -2.33. The Kier molecular flexibility index (Phi) is 3.96. The standard InChI is InChI=1S/C12H21N3O/c1-3-12-14-6-7-15(12)11-9-16-8-5-10(11)13-4-2/h6-7,10-11,13H,3-5,8-9H2,1-2H3. The van der Waals surface area contributed by atoms with Crippen molar-refractivity contribution in [1.29, 1.82) is 0 Å². The van der Waals surface area contributed by atoms with Crippen LogP contribution in [0.2, 0.25) is 0 Å². The molecule has 0 bridgehead atoms. The number of aryl methyl sites for hydroxylation is 1. The molecule has 4 nitrogen and oxygen atoms in total. The number of imidazole rings is 1. The number of aromatic nitrogens is 2. The van der Waals surface area contributed by atoms with Crippen molar-refractivity contribution in [2.24, 2.45) is 0 Å². The summed E-state index contributed by atoms with van der Waals surface area (Å²) in [6.07, 6.45) is 6.02. The lowest BCUT2D eigenvalue weighted by atomic mass is 10.0. The minimum absolute atomic E-state index is 0.395. The monoisotopic (exact) mass is 223 g/mol. The number of likely N-dealkylation sites (N-methyl/N-ethyl adjacent to an activating group) is 1. The van der Waals surface area contributed by atoms with Gasteiger partial charge in [-0.15, -0.1) is 0 Å². The fraction of sp³-hybridized carbons (Fsp3) is 0.750. The molecule has 0 aromatic carbocycles. The Hall–Kier alpha value is -0.870. The lowest BCUT2D eigenvalue weighted by molar-refractivity contribution is 0.0365. The molecule has 0 aliphatic carbocycles. The Morgan fingerprint density at radius 2 is 2.44 bits per heavy atom. The summed E-state index contributed by atoms with van der Waals surface area (Å²) < 4.78 is 7.86. The van der Waals surface area contributed by atoms with Crippen LogP contribution in [0.15, 0.2) is 12.4 Å². The van der Waals surface area contributed by atoms with Gasteiger partial charge in [-0.2, -0.15) is 0 Å². The average Bonchev–Trinajstić information content (AvgIpc) is 2.78. The van der Waals surface area contributed by atoms with Gasteiger partial charge in [-0.05, 0) is 13.0 Å². The van der Waals surface area contributed by atoms with E-state index in [4.69, 9.17) is 4.74 Å². The van der Waals surface area contributed by atoms with E-state index in [1.807, 2.05) is 6.20 Å². The Labute approximate surface area is 97.0 Å². The largest absolute Gasteiger partial charge is 0.379 e. The van der Waals surface area contributed by atoms with Crippen molar-refractivity contribution in [3.05, 3.63) is 18.2 Å². The van der Waals surface area contributed by atoms with Crippen LogP contribution >= 0.6 is 0 Å². The first-order valence-electron chi connectivity index (χ1n) is 6.19. The third-order valence-electron chi connectivity index (χ3n) is 3.21. The van der Waals surface area contributed by atoms with Gasteiger partial charge in [0.05, 0.1) is 12.6 Å². The van der Waals surface area contributed by atoms with Crippen molar-refractivity contribution >= 4 is 0 Å². The summed E-state index contributed by atoms with van der Waals surface area (Å²) in [6.45, 7) is 6.97. The highest BCUT2D eigenvalue weighted by molar-refractivity contribution is 4.98. The zero-order valence-electron chi connectivity index (χ0n) is 10.1. The van der Waals surface area contributed by atoms with Gasteiger partial charge in [-0.1, -0.05) is 13.8 Å². The summed E-state index contributed by atoms with van der Waals surface area (Å²) in [6, 6.07) is 0.907. The third kappa shape index (κ3) is 2.28. The summed E-state index contributed by atoms with van der Waals surface area (Å²) >= 11 is 0. The maximum Gasteiger partial charge on any atom is 0.108 e. The van der Waals surface area contributed by atoms with E-state index in [9.17, 15) is 0 Å². The summed E-state index contributed by atoms with van der Waals surface area (Å²) in [4.78, 5) is 4.38. The molecule has 2 atom stereocenters. The van der Waals surface area contributed by atoms with Gasteiger partial charge < -0.3 is 14.6 Å². The molecule has 4 heteroatoms. The fourth-order valence-electron chi connectivity index (χ4n) is 2.42. The summed E-state index contributed by atoms with van der Waals surface area (Å²) in [5.41, 5.74) is 0. The second kappa shape index (κ2) is 5.46. The van der Waals surface area contributed by atoms with E-state index >= 15 is 0 Å². The van der Waals surface area contributed by atoms with E-state index in [0.717, 1.165) is 38.4 Å². The SMILES string of the molecule is CCNC1CCOCC1n1ccnc1CC. The van der Waals surface area contributed by atoms with Crippen LogP contribution in [0.3, 0.4) is 0 Å². The minimum atomic E-state index is 0.395. The first-order chi connectivity index (χ1) is 7.86. The topological polar surface area (TPSA) is 39.1 Å². The first kappa shape index (κ1) is 11.6. The maximum absolute atomic E-state index is 5.59. The first-order valence-corrected chi connectivity index (χ1v) is 6.19. The van der Waals surface area contributed by atoms with Crippen LogP contribution in [0.25, 0.3) is 0 Å². The molecule has 16 heavy (non-hydrogen) atoms. The van der Waals surface area contributed by atoms with Crippen molar-refractivity contribution in [1.82, 2.24) is 14.9 Å². The van der Waals surface area contributed by atoms with Gasteiger partial charge in [0.2, 0.25) is 0 Å². The molecular formula is C12H21N3O. The van der Waals surface area contributed by atoms with E-state index in [-0.39, 0.29) is 0 Å². The molecule has 0 saturated carbocycles. The van der Waals surface area contributed by atoms with Gasteiger partial charge in [0, 0.05) is 31.5 Å². The Morgan fingerprint density at radius 3 is 3.19 bits per heavy atom. The van der Waals surface area contributed by atoms with Gasteiger partial charge >= 0.3 is 0 Å². The molecule has 90 valence electrons. The Balaban J connectivity index is 2.16. The van der Waals surface area contributed by atoms with Gasteiger partial charge in [0.25, 0.3) is 0 Å². The molecule has 0 radical (unpaired) electrons. The summed E-state index contributed by atoms with van der Waals surface area (Å²) in [7, 11) is 0. The van der Waals surface area contributed by atoms with Crippen LogP contribution in [0.1, 0.15) is 32.1 Å². The molecular weight excluding hydrogens is 202 g/mol. The highest BCUT2D eigenvalue weighted by atomic mass is 16.5. The molecule has 1 aromatic heterocycles. The van der Waals surface area contributed by atoms with Crippen molar-refractivity contribution in [2.45, 2.75) is 38.8 Å². The van der Waals surface area contributed by atoms with Crippen LogP contribution in [0.5, 0.6) is 0 Å². The normalized spacial score (nSPS) is 25.9. The Morgan fingerprint density at radius 1 is 1.56 bits per heavy atom. The van der Waals surface area contributed by atoms with E-state index in [2.05, 4.69) is 34.9 Å². The fourth-order valence-corrected chi connectivity index (χ4v) is 2.42. The quantitative estimate of drug-likeness (QED) is 0.838. The van der Waals surface area contributed by atoms with Gasteiger partial charge in [0.15, 0.2) is 0 Å². The van der Waals surface area contributed by atoms with E-state index in [1.54, 1.807) is 0 Å². The smallest absolute Gasteiger partial charge is 0.108 e. The number of nitrogens with zero attached hydrogens (tertiary/aromatic N) is 2. The zero-order valence-corrected chi connectivity index (χ0v) is 10.1. The molecule has 1 fully saturated rings. The van der Waals surface area contributed by atoms with E-state index in [0.29, 0.717) is 12.1 Å². The molecule has 2 unspecified atom stereocenters. The predicted molar refractivity (Wildman–Crippen MR) is 63.5 cm³/mol. The highest BCUT2D eigenvalue weighted by Crippen LogP contribution is 2.21. The molecule has 2 rings (SSSR count). The molecule has 1 aliphatic rings. The van der Waals surface area contributed by atoms with Crippen molar-refractivity contribution < 1.29 is 4.74 Å². The number of hydrogen-bond acceptors (Lipinski definition) is 3. The summed E-state index contributed by atoms with van der Waals surface area (Å²) in [5.74, 6) is 1.15. The van der Waals surface area contributed by atoms with Gasteiger partial charge in [0.1, 0.15) is 5.82 Å². The molecule has 1 aromatic rings. The average molecular weight is 223 g/mol. The molecule has 2 heterocycles. The van der Waals surface area contributed by atoms with Crippen molar-refractivity contribution in [3.63, 3.8) is 0 Å². The molecule has 0 spiro atoms. The number of nitrogens with one attached hydrogen (secondary N) is 1.